The number of carbonyl (C=O) groups is 1. The van der Waals surface area contributed by atoms with Gasteiger partial charge in [-0.25, -0.2) is 4.79 Å². The minimum absolute atomic E-state index is 0.168. The molecular formula is C17H27NO2S. The Morgan fingerprint density at radius 2 is 1.81 bits per heavy atom. The first-order chi connectivity index (χ1) is 9.64. The van der Waals surface area contributed by atoms with Gasteiger partial charge in [0.05, 0.1) is 5.69 Å². The van der Waals surface area contributed by atoms with Crippen LogP contribution >= 0.6 is 11.3 Å². The third-order valence-electron chi connectivity index (χ3n) is 4.28. The van der Waals surface area contributed by atoms with Crippen molar-refractivity contribution in [2.24, 2.45) is 0 Å². The van der Waals surface area contributed by atoms with Crippen LogP contribution in [0, 0.1) is 6.92 Å². The predicted octanol–water partition coefficient (Wildman–Crippen LogP) is 4.82. The number of esters is 1. The summed E-state index contributed by atoms with van der Waals surface area (Å²) in [5, 5.41) is 0. The highest BCUT2D eigenvalue weighted by atomic mass is 32.1. The number of nitrogens with two attached hydrogens (primary N) is 1. The number of ether oxygens (including phenoxy) is 1. The maximum Gasteiger partial charge on any atom is 0.350 e. The van der Waals surface area contributed by atoms with Crippen LogP contribution in [0.1, 0.15) is 79.9 Å². The van der Waals surface area contributed by atoms with Gasteiger partial charge in [-0.1, -0.05) is 26.2 Å². The fraction of sp³-hybridized carbons (Fsp3) is 0.706. The fourth-order valence-corrected chi connectivity index (χ4v) is 4.44. The molecule has 1 saturated carbocycles. The van der Waals surface area contributed by atoms with Crippen LogP contribution in [-0.2, 0) is 10.2 Å². The van der Waals surface area contributed by atoms with Crippen LogP contribution in [0.25, 0.3) is 0 Å². The summed E-state index contributed by atoms with van der Waals surface area (Å²) in [6.07, 6.45) is 6.20. The molecule has 3 nitrogen and oxygen atoms in total. The Balaban J connectivity index is 2.34. The Bertz CT molecular complexity index is 534. The van der Waals surface area contributed by atoms with Crippen LogP contribution in [0.5, 0.6) is 0 Å². The van der Waals surface area contributed by atoms with Crippen LogP contribution in [0.15, 0.2) is 0 Å². The molecule has 0 saturated heterocycles. The second-order valence-corrected chi connectivity index (χ2v) is 8.44. The van der Waals surface area contributed by atoms with Gasteiger partial charge in [0.15, 0.2) is 0 Å². The number of carbonyl (C=O) groups excluding carboxylic acids is 1. The predicted molar refractivity (Wildman–Crippen MR) is 89.1 cm³/mol. The fourth-order valence-electron chi connectivity index (χ4n) is 3.14. The first-order valence-corrected chi connectivity index (χ1v) is 8.58. The molecule has 0 atom stereocenters. The molecule has 1 aromatic heterocycles. The molecule has 2 rings (SSSR count). The van der Waals surface area contributed by atoms with E-state index in [0.717, 1.165) is 5.56 Å². The van der Waals surface area contributed by atoms with Crippen molar-refractivity contribution in [3.63, 3.8) is 0 Å². The number of thiophene rings is 1. The lowest BCUT2D eigenvalue weighted by molar-refractivity contribution is 0.00763. The van der Waals surface area contributed by atoms with Gasteiger partial charge < -0.3 is 10.5 Å². The monoisotopic (exact) mass is 309 g/mol. The van der Waals surface area contributed by atoms with Crippen molar-refractivity contribution in [1.82, 2.24) is 0 Å². The molecule has 1 aliphatic rings. The van der Waals surface area contributed by atoms with E-state index in [2.05, 4.69) is 6.92 Å². The number of rotatable bonds is 2. The van der Waals surface area contributed by atoms with Crippen molar-refractivity contribution in [1.29, 1.82) is 0 Å². The molecule has 21 heavy (non-hydrogen) atoms. The number of anilines is 1. The second-order valence-electron chi connectivity index (χ2n) is 7.42. The lowest BCUT2D eigenvalue weighted by Gasteiger charge is -2.33. The van der Waals surface area contributed by atoms with Crippen molar-refractivity contribution in [2.75, 3.05) is 5.73 Å². The first-order valence-electron chi connectivity index (χ1n) is 7.77. The smallest absolute Gasteiger partial charge is 0.350 e. The number of hydrogen-bond donors (Lipinski definition) is 1. The Hall–Kier alpha value is -1.03. The lowest BCUT2D eigenvalue weighted by atomic mass is 9.74. The maximum atomic E-state index is 12.3. The van der Waals surface area contributed by atoms with Gasteiger partial charge in [0, 0.05) is 10.3 Å². The molecule has 0 aliphatic heterocycles. The van der Waals surface area contributed by atoms with E-state index in [0.29, 0.717) is 10.6 Å². The van der Waals surface area contributed by atoms with E-state index in [4.69, 9.17) is 10.5 Å². The molecule has 2 N–H and O–H groups in total. The minimum Gasteiger partial charge on any atom is -0.456 e. The third kappa shape index (κ3) is 3.42. The van der Waals surface area contributed by atoms with E-state index in [1.807, 2.05) is 27.7 Å². The van der Waals surface area contributed by atoms with E-state index in [9.17, 15) is 4.79 Å². The summed E-state index contributed by atoms with van der Waals surface area (Å²) in [5.74, 6) is -0.293. The van der Waals surface area contributed by atoms with Crippen molar-refractivity contribution >= 4 is 23.0 Å². The summed E-state index contributed by atoms with van der Waals surface area (Å²) >= 11 is 1.54. The third-order valence-corrected chi connectivity index (χ3v) is 5.88. The lowest BCUT2D eigenvalue weighted by Crippen LogP contribution is -2.24. The standard InChI is InChI=1S/C17H27NO2S/c1-11-12(18)13(15(19)20-16(2,3)4)21-14(11)17(5)9-7-6-8-10-17/h6-10,18H2,1-5H3. The summed E-state index contributed by atoms with van der Waals surface area (Å²) in [6, 6.07) is 0. The van der Waals surface area contributed by atoms with Crippen LogP contribution in [0.3, 0.4) is 0 Å². The zero-order chi connectivity index (χ0) is 15.8. The summed E-state index contributed by atoms with van der Waals surface area (Å²) in [7, 11) is 0. The van der Waals surface area contributed by atoms with E-state index >= 15 is 0 Å². The van der Waals surface area contributed by atoms with Gasteiger partial charge in [0.1, 0.15) is 10.5 Å². The molecule has 118 valence electrons. The Morgan fingerprint density at radius 1 is 1.24 bits per heavy atom. The van der Waals surface area contributed by atoms with Crippen molar-refractivity contribution < 1.29 is 9.53 Å². The SMILES string of the molecule is Cc1c(C2(C)CCCCC2)sc(C(=O)OC(C)(C)C)c1N. The quantitative estimate of drug-likeness (QED) is 0.797. The molecule has 4 heteroatoms. The topological polar surface area (TPSA) is 52.3 Å². The highest BCUT2D eigenvalue weighted by Crippen LogP contribution is 2.46. The molecule has 1 fully saturated rings. The molecule has 0 bridgehead atoms. The summed E-state index contributed by atoms with van der Waals surface area (Å²) in [4.78, 5) is 14.2. The van der Waals surface area contributed by atoms with Gasteiger partial charge in [0.25, 0.3) is 0 Å². The molecule has 1 aliphatic carbocycles. The first kappa shape index (κ1) is 16.3. The summed E-state index contributed by atoms with van der Waals surface area (Å²) in [5.41, 5.74) is 7.56. The minimum atomic E-state index is -0.490. The molecule has 0 radical (unpaired) electrons. The van der Waals surface area contributed by atoms with Gasteiger partial charge in [0.2, 0.25) is 0 Å². The molecule has 0 spiro atoms. The molecule has 0 unspecified atom stereocenters. The Labute approximate surface area is 131 Å². The number of nitrogen functional groups attached to an aromatic ring is 1. The Kier molecular flexibility index (Phi) is 4.39. The van der Waals surface area contributed by atoms with Gasteiger partial charge >= 0.3 is 5.97 Å². The van der Waals surface area contributed by atoms with Crippen LogP contribution in [-0.4, -0.2) is 11.6 Å². The summed E-state index contributed by atoms with van der Waals surface area (Å²) in [6.45, 7) is 9.99. The van der Waals surface area contributed by atoms with Crippen LogP contribution < -0.4 is 5.73 Å². The maximum absolute atomic E-state index is 12.3. The Morgan fingerprint density at radius 3 is 2.33 bits per heavy atom. The number of hydrogen-bond acceptors (Lipinski definition) is 4. The van der Waals surface area contributed by atoms with Crippen molar-refractivity contribution in [2.45, 2.75) is 77.7 Å². The molecule has 0 aromatic carbocycles. The van der Waals surface area contributed by atoms with Crippen LogP contribution in [0.2, 0.25) is 0 Å². The van der Waals surface area contributed by atoms with E-state index < -0.39 is 5.60 Å². The second kappa shape index (κ2) is 5.64. The largest absolute Gasteiger partial charge is 0.456 e. The van der Waals surface area contributed by atoms with Crippen molar-refractivity contribution in [3.8, 4) is 0 Å². The van der Waals surface area contributed by atoms with E-state index in [-0.39, 0.29) is 11.4 Å². The van der Waals surface area contributed by atoms with Crippen LogP contribution in [0.4, 0.5) is 5.69 Å². The van der Waals surface area contributed by atoms with Gasteiger partial charge in [-0.2, -0.15) is 0 Å². The average Bonchev–Trinajstić information content (AvgIpc) is 2.66. The van der Waals surface area contributed by atoms with Gasteiger partial charge in [-0.15, -0.1) is 11.3 Å². The van der Waals surface area contributed by atoms with E-state index in [1.54, 1.807) is 11.3 Å². The normalized spacial score (nSPS) is 18.5. The zero-order valence-electron chi connectivity index (χ0n) is 13.8. The highest BCUT2D eigenvalue weighted by molar-refractivity contribution is 7.15. The summed E-state index contributed by atoms with van der Waals surface area (Å²) < 4.78 is 5.48. The highest BCUT2D eigenvalue weighted by Gasteiger charge is 2.35. The van der Waals surface area contributed by atoms with Gasteiger partial charge in [-0.05, 0) is 46.1 Å². The van der Waals surface area contributed by atoms with E-state index in [1.165, 1.54) is 37.0 Å². The molecule has 1 aromatic rings. The molecule has 0 amide bonds. The van der Waals surface area contributed by atoms with Gasteiger partial charge in [-0.3, -0.25) is 0 Å². The molecular weight excluding hydrogens is 282 g/mol. The zero-order valence-corrected chi connectivity index (χ0v) is 14.7. The molecule has 1 heterocycles. The van der Waals surface area contributed by atoms with Crippen molar-refractivity contribution in [3.05, 3.63) is 15.3 Å². The average molecular weight is 309 g/mol.